The van der Waals surface area contributed by atoms with Crippen molar-refractivity contribution in [2.45, 2.75) is 38.3 Å². The summed E-state index contributed by atoms with van der Waals surface area (Å²) in [6, 6.07) is 3.71. The summed E-state index contributed by atoms with van der Waals surface area (Å²) in [4.78, 5) is 0. The van der Waals surface area contributed by atoms with E-state index in [1.807, 2.05) is 11.6 Å². The predicted molar refractivity (Wildman–Crippen MR) is 78.9 cm³/mol. The lowest BCUT2D eigenvalue weighted by Gasteiger charge is -2.25. The molecule has 1 saturated carbocycles. The van der Waals surface area contributed by atoms with E-state index in [1.54, 1.807) is 12.4 Å². The topological polar surface area (TPSA) is 42.7 Å². The van der Waals surface area contributed by atoms with Crippen LogP contribution < -0.4 is 5.32 Å². The lowest BCUT2D eigenvalue weighted by Crippen LogP contribution is -2.28. The highest BCUT2D eigenvalue weighted by Gasteiger charge is 2.28. The average Bonchev–Trinajstić information content (AvgIpc) is 3.13. The van der Waals surface area contributed by atoms with Gasteiger partial charge in [0.1, 0.15) is 23.8 Å². The van der Waals surface area contributed by atoms with Crippen molar-refractivity contribution in [3.8, 4) is 0 Å². The van der Waals surface area contributed by atoms with Crippen molar-refractivity contribution < 1.29 is 8.78 Å². The highest BCUT2D eigenvalue weighted by molar-refractivity contribution is 5.23. The fraction of sp³-hybridized carbons (Fsp3) is 0.500. The molecule has 0 saturated heterocycles. The Bertz CT molecular complexity index is 635. The maximum atomic E-state index is 14.2. The van der Waals surface area contributed by atoms with Gasteiger partial charge in [0, 0.05) is 24.7 Å². The van der Waals surface area contributed by atoms with Crippen LogP contribution in [0, 0.1) is 17.6 Å². The van der Waals surface area contributed by atoms with Crippen molar-refractivity contribution >= 4 is 0 Å². The Balaban J connectivity index is 1.82. The standard InChI is InChI=1S/C16H20F2N4/c1-22-10-20-21-15(22)9-19-16(11-4-2-3-5-11)13-7-6-12(17)8-14(13)18/h6-8,10-11,16,19H,2-5,9H2,1H3/t16-/m0/s1. The number of hydrogen-bond acceptors (Lipinski definition) is 3. The molecule has 1 aromatic heterocycles. The molecule has 118 valence electrons. The Labute approximate surface area is 128 Å². The monoisotopic (exact) mass is 306 g/mol. The SMILES string of the molecule is Cn1cnnc1CN[C@H](c1ccc(F)cc1F)C1CCCC1. The molecular formula is C16H20F2N4. The molecule has 22 heavy (non-hydrogen) atoms. The Kier molecular flexibility index (Phi) is 4.47. The molecule has 2 aromatic rings. The van der Waals surface area contributed by atoms with Crippen LogP contribution in [0.1, 0.15) is 43.1 Å². The summed E-state index contributed by atoms with van der Waals surface area (Å²) >= 11 is 0. The number of aryl methyl sites for hydroxylation is 1. The minimum Gasteiger partial charge on any atom is -0.320 e. The van der Waals surface area contributed by atoms with Crippen molar-refractivity contribution in [3.63, 3.8) is 0 Å². The molecule has 0 radical (unpaired) electrons. The Morgan fingerprint density at radius 1 is 1.32 bits per heavy atom. The van der Waals surface area contributed by atoms with E-state index in [-0.39, 0.29) is 6.04 Å². The normalized spacial score (nSPS) is 17.0. The van der Waals surface area contributed by atoms with Gasteiger partial charge in [-0.1, -0.05) is 18.9 Å². The fourth-order valence-electron chi connectivity index (χ4n) is 3.24. The van der Waals surface area contributed by atoms with E-state index < -0.39 is 11.6 Å². The fourth-order valence-corrected chi connectivity index (χ4v) is 3.24. The summed E-state index contributed by atoms with van der Waals surface area (Å²) in [6.45, 7) is 0.508. The maximum absolute atomic E-state index is 14.2. The molecule has 0 aliphatic heterocycles. The first-order chi connectivity index (χ1) is 10.6. The molecule has 3 rings (SSSR count). The van der Waals surface area contributed by atoms with Crippen LogP contribution in [0.2, 0.25) is 0 Å². The first-order valence-corrected chi connectivity index (χ1v) is 7.66. The largest absolute Gasteiger partial charge is 0.320 e. The quantitative estimate of drug-likeness (QED) is 0.923. The minimum atomic E-state index is -0.542. The summed E-state index contributed by atoms with van der Waals surface area (Å²) in [5.41, 5.74) is 0.537. The van der Waals surface area contributed by atoms with Crippen molar-refractivity contribution in [1.82, 2.24) is 20.1 Å². The molecule has 0 unspecified atom stereocenters. The van der Waals surface area contributed by atoms with Crippen molar-refractivity contribution in [2.75, 3.05) is 0 Å². The van der Waals surface area contributed by atoms with Crippen LogP contribution in [0.15, 0.2) is 24.5 Å². The van der Waals surface area contributed by atoms with Crippen LogP contribution in [0.5, 0.6) is 0 Å². The van der Waals surface area contributed by atoms with Gasteiger partial charge in [-0.05, 0) is 24.8 Å². The van der Waals surface area contributed by atoms with E-state index in [9.17, 15) is 8.78 Å². The molecule has 1 heterocycles. The molecule has 6 heteroatoms. The van der Waals surface area contributed by atoms with Gasteiger partial charge in [0.25, 0.3) is 0 Å². The van der Waals surface area contributed by atoms with Gasteiger partial charge in [0.15, 0.2) is 0 Å². The average molecular weight is 306 g/mol. The summed E-state index contributed by atoms with van der Waals surface area (Å²) in [7, 11) is 1.88. The van der Waals surface area contributed by atoms with Gasteiger partial charge in [0.05, 0.1) is 6.54 Å². The Morgan fingerprint density at radius 3 is 2.73 bits per heavy atom. The van der Waals surface area contributed by atoms with Crippen molar-refractivity contribution in [1.29, 1.82) is 0 Å². The van der Waals surface area contributed by atoms with Gasteiger partial charge in [0.2, 0.25) is 0 Å². The van der Waals surface area contributed by atoms with Crippen LogP contribution in [0.25, 0.3) is 0 Å². The zero-order chi connectivity index (χ0) is 15.5. The molecule has 1 fully saturated rings. The summed E-state index contributed by atoms with van der Waals surface area (Å²) in [5.74, 6) is 0.140. The number of nitrogens with one attached hydrogen (secondary N) is 1. The van der Waals surface area contributed by atoms with E-state index in [1.165, 1.54) is 6.07 Å². The van der Waals surface area contributed by atoms with Gasteiger partial charge < -0.3 is 9.88 Å². The van der Waals surface area contributed by atoms with Gasteiger partial charge in [-0.2, -0.15) is 0 Å². The second-order valence-electron chi connectivity index (χ2n) is 5.93. The molecule has 0 spiro atoms. The van der Waals surface area contributed by atoms with Gasteiger partial charge in [-0.3, -0.25) is 0 Å². The summed E-state index contributed by atoms with van der Waals surface area (Å²) in [6.07, 6.45) is 6.09. The first-order valence-electron chi connectivity index (χ1n) is 7.66. The molecule has 1 aliphatic rings. The van der Waals surface area contributed by atoms with Crippen LogP contribution in [-0.4, -0.2) is 14.8 Å². The highest BCUT2D eigenvalue weighted by atomic mass is 19.1. The molecule has 0 amide bonds. The molecule has 1 atom stereocenters. The highest BCUT2D eigenvalue weighted by Crippen LogP contribution is 2.36. The summed E-state index contributed by atoms with van der Waals surface area (Å²) < 4.78 is 29.2. The maximum Gasteiger partial charge on any atom is 0.146 e. The number of hydrogen-bond donors (Lipinski definition) is 1. The second-order valence-corrected chi connectivity index (χ2v) is 5.93. The molecule has 4 nitrogen and oxygen atoms in total. The zero-order valence-corrected chi connectivity index (χ0v) is 12.6. The van der Waals surface area contributed by atoms with E-state index in [0.29, 0.717) is 18.0 Å². The molecule has 0 bridgehead atoms. The van der Waals surface area contributed by atoms with E-state index in [0.717, 1.165) is 37.6 Å². The molecule has 1 aliphatic carbocycles. The number of rotatable bonds is 5. The lowest BCUT2D eigenvalue weighted by atomic mass is 9.91. The van der Waals surface area contributed by atoms with E-state index in [2.05, 4.69) is 15.5 Å². The van der Waals surface area contributed by atoms with Gasteiger partial charge >= 0.3 is 0 Å². The van der Waals surface area contributed by atoms with Crippen LogP contribution in [0.4, 0.5) is 8.78 Å². The summed E-state index contributed by atoms with van der Waals surface area (Å²) in [5, 5.41) is 11.3. The molecule has 1 N–H and O–H groups in total. The van der Waals surface area contributed by atoms with Crippen LogP contribution >= 0.6 is 0 Å². The van der Waals surface area contributed by atoms with E-state index in [4.69, 9.17) is 0 Å². The zero-order valence-electron chi connectivity index (χ0n) is 12.6. The number of halogens is 2. The van der Waals surface area contributed by atoms with Crippen LogP contribution in [-0.2, 0) is 13.6 Å². The minimum absolute atomic E-state index is 0.125. The van der Waals surface area contributed by atoms with Gasteiger partial charge in [-0.25, -0.2) is 8.78 Å². The third-order valence-corrected chi connectivity index (χ3v) is 4.45. The Hall–Kier alpha value is -1.82. The third kappa shape index (κ3) is 3.16. The molecule has 1 aromatic carbocycles. The second kappa shape index (κ2) is 6.52. The van der Waals surface area contributed by atoms with E-state index >= 15 is 0 Å². The number of benzene rings is 1. The van der Waals surface area contributed by atoms with Crippen LogP contribution in [0.3, 0.4) is 0 Å². The molecular weight excluding hydrogens is 286 g/mol. The predicted octanol–water partition coefficient (Wildman–Crippen LogP) is 3.11. The van der Waals surface area contributed by atoms with Crippen molar-refractivity contribution in [3.05, 3.63) is 47.5 Å². The lowest BCUT2D eigenvalue weighted by molar-refractivity contribution is 0.350. The number of nitrogens with zero attached hydrogens (tertiary/aromatic N) is 3. The third-order valence-electron chi connectivity index (χ3n) is 4.45. The van der Waals surface area contributed by atoms with Gasteiger partial charge in [-0.15, -0.1) is 10.2 Å². The first kappa shape index (κ1) is 15.1. The Morgan fingerprint density at radius 2 is 2.09 bits per heavy atom. The smallest absolute Gasteiger partial charge is 0.146 e. The number of aromatic nitrogens is 3. The van der Waals surface area contributed by atoms with Crippen molar-refractivity contribution in [2.24, 2.45) is 13.0 Å².